The Morgan fingerprint density at radius 1 is 1.12 bits per heavy atom. The molecular weight excluding hydrogens is 314 g/mol. The number of amides is 1. The van der Waals surface area contributed by atoms with Gasteiger partial charge in [-0.1, -0.05) is 0 Å². The molecule has 1 aliphatic rings. The summed E-state index contributed by atoms with van der Waals surface area (Å²) in [6.45, 7) is 3.50. The number of carbonyl (C=O) groups is 1. The number of carbonyl (C=O) groups excluding carboxylic acids is 1. The summed E-state index contributed by atoms with van der Waals surface area (Å²) in [6, 6.07) is 4.54. The van der Waals surface area contributed by atoms with E-state index in [1.54, 1.807) is 13.0 Å². The van der Waals surface area contributed by atoms with Crippen LogP contribution in [0.1, 0.15) is 35.4 Å². The van der Waals surface area contributed by atoms with Gasteiger partial charge < -0.3 is 10.2 Å². The summed E-state index contributed by atoms with van der Waals surface area (Å²) in [5.74, 6) is -1.56. The zero-order valence-corrected chi connectivity index (χ0v) is 13.4. The van der Waals surface area contributed by atoms with Gasteiger partial charge in [-0.05, 0) is 44.4 Å². The van der Waals surface area contributed by atoms with Crippen LogP contribution in [0.25, 0.3) is 0 Å². The molecule has 0 saturated carbocycles. The number of anilines is 2. The molecule has 1 amide bonds. The van der Waals surface area contributed by atoms with E-state index in [-0.39, 0.29) is 11.4 Å². The molecule has 1 N–H and O–H groups in total. The number of hydrogen-bond acceptors (Lipinski definition) is 4. The molecule has 0 radical (unpaired) electrons. The highest BCUT2D eigenvalue weighted by atomic mass is 19.1. The van der Waals surface area contributed by atoms with E-state index in [1.807, 2.05) is 4.90 Å². The maximum absolute atomic E-state index is 13.7. The summed E-state index contributed by atoms with van der Waals surface area (Å²) in [4.78, 5) is 23.1. The number of aryl methyl sites for hydroxylation is 1. The molecule has 1 saturated heterocycles. The Hall–Kier alpha value is -2.57. The summed E-state index contributed by atoms with van der Waals surface area (Å²) < 4.78 is 26.6. The highest BCUT2D eigenvalue weighted by Crippen LogP contribution is 2.19. The lowest BCUT2D eigenvalue weighted by Crippen LogP contribution is -2.31. The standard InChI is InChI=1S/C17H18F2N4O/c1-11-9-15(22-17(20-11)23-7-3-2-4-8-23)16(24)21-14-6-5-12(18)10-13(14)19/h5-6,9-10H,2-4,7-8H2,1H3,(H,21,24). The third kappa shape index (κ3) is 3.67. The minimum absolute atomic E-state index is 0.0859. The van der Waals surface area contributed by atoms with E-state index < -0.39 is 17.5 Å². The number of nitrogens with zero attached hydrogens (tertiary/aromatic N) is 3. The quantitative estimate of drug-likeness (QED) is 0.937. The zero-order chi connectivity index (χ0) is 17.1. The van der Waals surface area contributed by atoms with Crippen molar-refractivity contribution in [2.24, 2.45) is 0 Å². The van der Waals surface area contributed by atoms with Gasteiger partial charge in [-0.3, -0.25) is 4.79 Å². The molecule has 1 fully saturated rings. The minimum atomic E-state index is -0.828. The van der Waals surface area contributed by atoms with E-state index in [2.05, 4.69) is 15.3 Å². The van der Waals surface area contributed by atoms with Crippen molar-refractivity contribution in [3.8, 4) is 0 Å². The first-order chi connectivity index (χ1) is 11.5. The Morgan fingerprint density at radius 3 is 2.58 bits per heavy atom. The van der Waals surface area contributed by atoms with Crippen LogP contribution >= 0.6 is 0 Å². The van der Waals surface area contributed by atoms with E-state index in [4.69, 9.17) is 0 Å². The number of hydrogen-bond donors (Lipinski definition) is 1. The van der Waals surface area contributed by atoms with Crippen molar-refractivity contribution in [2.75, 3.05) is 23.3 Å². The second-order valence-corrected chi connectivity index (χ2v) is 5.82. The van der Waals surface area contributed by atoms with Crippen molar-refractivity contribution in [1.29, 1.82) is 0 Å². The molecule has 3 rings (SSSR count). The largest absolute Gasteiger partial charge is 0.341 e. The molecule has 7 heteroatoms. The minimum Gasteiger partial charge on any atom is -0.341 e. The van der Waals surface area contributed by atoms with Crippen molar-refractivity contribution >= 4 is 17.5 Å². The SMILES string of the molecule is Cc1cc(C(=O)Nc2ccc(F)cc2F)nc(N2CCCCC2)n1. The van der Waals surface area contributed by atoms with Gasteiger partial charge in [0.15, 0.2) is 0 Å². The van der Waals surface area contributed by atoms with Gasteiger partial charge in [0.05, 0.1) is 5.69 Å². The lowest BCUT2D eigenvalue weighted by atomic mass is 10.1. The second-order valence-electron chi connectivity index (χ2n) is 5.82. The fourth-order valence-electron chi connectivity index (χ4n) is 2.68. The van der Waals surface area contributed by atoms with Crippen molar-refractivity contribution in [2.45, 2.75) is 26.2 Å². The van der Waals surface area contributed by atoms with Gasteiger partial charge >= 0.3 is 0 Å². The van der Waals surface area contributed by atoms with Gasteiger partial charge in [-0.25, -0.2) is 18.7 Å². The predicted molar refractivity (Wildman–Crippen MR) is 87.1 cm³/mol. The van der Waals surface area contributed by atoms with Crippen LogP contribution in [0.4, 0.5) is 20.4 Å². The normalized spacial score (nSPS) is 14.5. The maximum Gasteiger partial charge on any atom is 0.274 e. The first kappa shape index (κ1) is 16.3. The van der Waals surface area contributed by atoms with Crippen LogP contribution in [0.5, 0.6) is 0 Å². The van der Waals surface area contributed by atoms with Crippen molar-refractivity contribution in [3.05, 3.63) is 47.3 Å². The molecule has 2 aromatic rings. The maximum atomic E-state index is 13.7. The fourth-order valence-corrected chi connectivity index (χ4v) is 2.68. The Morgan fingerprint density at radius 2 is 1.88 bits per heavy atom. The van der Waals surface area contributed by atoms with E-state index >= 15 is 0 Å². The lowest BCUT2D eigenvalue weighted by molar-refractivity contribution is 0.102. The molecule has 126 valence electrons. The van der Waals surface area contributed by atoms with Gasteiger partial charge in [-0.2, -0.15) is 0 Å². The average molecular weight is 332 g/mol. The van der Waals surface area contributed by atoms with Gasteiger partial charge in [0.2, 0.25) is 5.95 Å². The van der Waals surface area contributed by atoms with Crippen LogP contribution < -0.4 is 10.2 Å². The monoisotopic (exact) mass is 332 g/mol. The summed E-state index contributed by atoms with van der Waals surface area (Å²) in [7, 11) is 0. The highest BCUT2D eigenvalue weighted by Gasteiger charge is 2.18. The molecular formula is C17H18F2N4O. The highest BCUT2D eigenvalue weighted by molar-refractivity contribution is 6.03. The van der Waals surface area contributed by atoms with Crippen molar-refractivity contribution in [1.82, 2.24) is 9.97 Å². The lowest BCUT2D eigenvalue weighted by Gasteiger charge is -2.27. The molecule has 1 aromatic heterocycles. The van der Waals surface area contributed by atoms with E-state index in [9.17, 15) is 13.6 Å². The van der Waals surface area contributed by atoms with Gasteiger partial charge in [0.1, 0.15) is 17.3 Å². The van der Waals surface area contributed by atoms with Gasteiger partial charge in [0, 0.05) is 24.8 Å². The number of nitrogens with one attached hydrogen (secondary N) is 1. The molecule has 0 bridgehead atoms. The fraction of sp³-hybridized carbons (Fsp3) is 0.353. The third-order valence-corrected chi connectivity index (χ3v) is 3.89. The number of aromatic nitrogens is 2. The van der Waals surface area contributed by atoms with Crippen molar-refractivity contribution in [3.63, 3.8) is 0 Å². The zero-order valence-electron chi connectivity index (χ0n) is 13.4. The molecule has 2 heterocycles. The molecule has 1 aromatic carbocycles. The van der Waals surface area contributed by atoms with Crippen LogP contribution in [0.3, 0.4) is 0 Å². The van der Waals surface area contributed by atoms with Crippen LogP contribution in [0.2, 0.25) is 0 Å². The molecule has 5 nitrogen and oxygen atoms in total. The summed E-state index contributed by atoms with van der Waals surface area (Å²) in [5, 5.41) is 2.42. The van der Waals surface area contributed by atoms with E-state index in [0.29, 0.717) is 11.6 Å². The number of rotatable bonds is 3. The molecule has 0 aliphatic carbocycles. The summed E-state index contributed by atoms with van der Waals surface area (Å²) in [5.41, 5.74) is 0.735. The van der Waals surface area contributed by atoms with Crippen LogP contribution in [-0.2, 0) is 0 Å². The molecule has 1 aliphatic heterocycles. The van der Waals surface area contributed by atoms with Crippen LogP contribution in [0, 0.1) is 18.6 Å². The predicted octanol–water partition coefficient (Wildman–Crippen LogP) is 3.31. The first-order valence-corrected chi connectivity index (χ1v) is 7.90. The van der Waals surface area contributed by atoms with Crippen LogP contribution in [-0.4, -0.2) is 29.0 Å². The number of piperidine rings is 1. The topological polar surface area (TPSA) is 58.1 Å². The summed E-state index contributed by atoms with van der Waals surface area (Å²) in [6.07, 6.45) is 3.32. The summed E-state index contributed by atoms with van der Waals surface area (Å²) >= 11 is 0. The van der Waals surface area contributed by atoms with Crippen molar-refractivity contribution < 1.29 is 13.6 Å². The molecule has 24 heavy (non-hydrogen) atoms. The van der Waals surface area contributed by atoms with Gasteiger partial charge in [0.25, 0.3) is 5.91 Å². The Balaban J connectivity index is 1.82. The Bertz CT molecular complexity index is 760. The smallest absolute Gasteiger partial charge is 0.274 e. The number of halogens is 2. The van der Waals surface area contributed by atoms with Gasteiger partial charge in [-0.15, -0.1) is 0 Å². The number of benzene rings is 1. The molecule has 0 atom stereocenters. The average Bonchev–Trinajstić information content (AvgIpc) is 2.57. The third-order valence-electron chi connectivity index (χ3n) is 3.89. The molecule has 0 unspecified atom stereocenters. The van der Waals surface area contributed by atoms with E-state index in [0.717, 1.165) is 38.1 Å². The van der Waals surface area contributed by atoms with Crippen LogP contribution in [0.15, 0.2) is 24.3 Å². The van der Waals surface area contributed by atoms with E-state index in [1.165, 1.54) is 12.5 Å². The Kier molecular flexibility index (Phi) is 4.69. The second kappa shape index (κ2) is 6.90. The first-order valence-electron chi connectivity index (χ1n) is 7.90. The Labute approximate surface area is 138 Å². The molecule has 0 spiro atoms.